The van der Waals surface area contributed by atoms with E-state index in [9.17, 15) is 9.59 Å². The van der Waals surface area contributed by atoms with Crippen LogP contribution >= 0.6 is 21.6 Å². The van der Waals surface area contributed by atoms with E-state index in [1.165, 1.54) is 0 Å². The van der Waals surface area contributed by atoms with Crippen molar-refractivity contribution in [2.75, 3.05) is 40.3 Å². The molecular formula is C10H18N4O2S2. The first-order valence-corrected chi connectivity index (χ1v) is 8.13. The quantitative estimate of drug-likeness (QED) is 0.470. The van der Waals surface area contributed by atoms with E-state index in [1.54, 1.807) is 35.7 Å². The van der Waals surface area contributed by atoms with E-state index in [0.717, 1.165) is 13.1 Å². The van der Waals surface area contributed by atoms with Crippen LogP contribution in [0.25, 0.3) is 0 Å². The van der Waals surface area contributed by atoms with E-state index in [4.69, 9.17) is 0 Å². The number of likely N-dealkylation sites (N-methyl/N-ethyl adjacent to an activating group) is 2. The van der Waals surface area contributed by atoms with Gasteiger partial charge >= 0.3 is 0 Å². The monoisotopic (exact) mass is 290 g/mol. The minimum absolute atomic E-state index is 0.0655. The minimum Gasteiger partial charge on any atom is -0.358 e. The summed E-state index contributed by atoms with van der Waals surface area (Å²) in [4.78, 5) is 26.5. The number of nitrogens with one attached hydrogen (secondary N) is 2. The van der Waals surface area contributed by atoms with Gasteiger partial charge in [0.1, 0.15) is 0 Å². The number of hydrogen-bond acceptors (Lipinski definition) is 6. The molecule has 8 heteroatoms. The van der Waals surface area contributed by atoms with Gasteiger partial charge in [0.05, 0.1) is 23.8 Å². The van der Waals surface area contributed by atoms with Crippen LogP contribution in [0.3, 0.4) is 0 Å². The normalized spacial score (nSPS) is 32.8. The molecule has 2 rings (SSSR count). The summed E-state index contributed by atoms with van der Waals surface area (Å²) in [6, 6.07) is 0. The summed E-state index contributed by atoms with van der Waals surface area (Å²) in [6.07, 6.45) is 0. The van der Waals surface area contributed by atoms with Crippen LogP contribution in [0.5, 0.6) is 0 Å². The smallest absolute Gasteiger partial charge is 0.233 e. The van der Waals surface area contributed by atoms with E-state index >= 15 is 0 Å². The van der Waals surface area contributed by atoms with Crippen molar-refractivity contribution in [1.29, 1.82) is 0 Å². The van der Waals surface area contributed by atoms with Crippen molar-refractivity contribution in [2.24, 2.45) is 0 Å². The van der Waals surface area contributed by atoms with Crippen molar-refractivity contribution in [3.63, 3.8) is 0 Å². The number of amides is 2. The molecule has 0 radical (unpaired) electrons. The standard InChI is InChI=1S/C10H18N4O2S2/c1-11-7(15)3-13-5-9(13)17-18-10-6-14(10)4-8(16)12-2/h9-10H,3-6H2,1-2H3,(H,11,15)(H,12,16). The lowest BCUT2D eigenvalue weighted by Crippen LogP contribution is -2.26. The van der Waals surface area contributed by atoms with Crippen molar-refractivity contribution in [3.8, 4) is 0 Å². The van der Waals surface area contributed by atoms with Gasteiger partial charge in [-0.1, -0.05) is 21.6 Å². The molecule has 0 bridgehead atoms. The number of carbonyl (C=O) groups excluding carboxylic acids is 2. The van der Waals surface area contributed by atoms with E-state index in [-0.39, 0.29) is 11.8 Å². The highest BCUT2D eigenvalue weighted by atomic mass is 33.1. The largest absolute Gasteiger partial charge is 0.358 e. The van der Waals surface area contributed by atoms with E-state index in [2.05, 4.69) is 20.4 Å². The Balaban J connectivity index is 1.53. The Bertz CT molecular complexity index is 310. The third-order valence-electron chi connectivity index (χ3n) is 2.86. The van der Waals surface area contributed by atoms with Gasteiger partial charge in [-0.15, -0.1) is 0 Å². The number of nitrogens with zero attached hydrogens (tertiary/aromatic N) is 2. The van der Waals surface area contributed by atoms with Crippen molar-refractivity contribution in [2.45, 2.75) is 10.7 Å². The first kappa shape index (κ1) is 14.0. The average molecular weight is 290 g/mol. The van der Waals surface area contributed by atoms with Crippen LogP contribution in [0, 0.1) is 0 Å². The molecule has 6 nitrogen and oxygen atoms in total. The molecule has 2 saturated heterocycles. The lowest BCUT2D eigenvalue weighted by atomic mass is 10.6. The molecule has 0 spiro atoms. The van der Waals surface area contributed by atoms with Crippen LogP contribution < -0.4 is 10.6 Å². The third kappa shape index (κ3) is 4.04. The molecule has 0 aliphatic carbocycles. The summed E-state index contributed by atoms with van der Waals surface area (Å²) in [5.41, 5.74) is 0. The maximum absolute atomic E-state index is 11.1. The maximum Gasteiger partial charge on any atom is 0.233 e. The topological polar surface area (TPSA) is 64.2 Å². The SMILES string of the molecule is CNC(=O)CN1CC1SSC1CN1CC(=O)NC. The van der Waals surface area contributed by atoms with Gasteiger partial charge in [0, 0.05) is 27.2 Å². The summed E-state index contributed by atoms with van der Waals surface area (Å²) in [5.74, 6) is 0.131. The molecule has 102 valence electrons. The maximum atomic E-state index is 11.1. The first-order valence-electron chi connectivity index (χ1n) is 5.85. The van der Waals surface area contributed by atoms with Crippen LogP contribution in [-0.2, 0) is 9.59 Å². The summed E-state index contributed by atoms with van der Waals surface area (Å²) in [5, 5.41) is 6.15. The molecule has 2 amide bonds. The van der Waals surface area contributed by atoms with E-state index in [0.29, 0.717) is 23.8 Å². The predicted octanol–water partition coefficient (Wildman–Crippen LogP) is -0.857. The molecule has 2 aliphatic rings. The Morgan fingerprint density at radius 2 is 1.39 bits per heavy atom. The van der Waals surface area contributed by atoms with Crippen molar-refractivity contribution < 1.29 is 9.59 Å². The van der Waals surface area contributed by atoms with Gasteiger partial charge in [-0.2, -0.15) is 0 Å². The molecule has 18 heavy (non-hydrogen) atoms. The first-order chi connectivity index (χ1) is 8.63. The Morgan fingerprint density at radius 3 is 1.72 bits per heavy atom. The Morgan fingerprint density at radius 1 is 1.00 bits per heavy atom. The van der Waals surface area contributed by atoms with Gasteiger partial charge in [0.15, 0.2) is 0 Å². The zero-order valence-corrected chi connectivity index (χ0v) is 12.1. The molecule has 2 fully saturated rings. The minimum atomic E-state index is 0.0655. The molecule has 0 aromatic rings. The van der Waals surface area contributed by atoms with Gasteiger partial charge in [-0.05, 0) is 0 Å². The predicted molar refractivity (Wildman–Crippen MR) is 74.0 cm³/mol. The molecule has 0 aromatic heterocycles. The summed E-state index contributed by atoms with van der Waals surface area (Å²) >= 11 is 0. The Hall–Kier alpha value is -0.440. The zero-order valence-electron chi connectivity index (χ0n) is 10.5. The summed E-state index contributed by atoms with van der Waals surface area (Å²) < 4.78 is 0. The summed E-state index contributed by atoms with van der Waals surface area (Å²) in [7, 11) is 6.92. The fourth-order valence-electron chi connectivity index (χ4n) is 1.48. The van der Waals surface area contributed by atoms with Gasteiger partial charge in [0.25, 0.3) is 0 Å². The van der Waals surface area contributed by atoms with Crippen LogP contribution in [-0.4, -0.2) is 72.6 Å². The second-order valence-corrected chi connectivity index (χ2v) is 6.93. The fraction of sp³-hybridized carbons (Fsp3) is 0.800. The van der Waals surface area contributed by atoms with Crippen molar-refractivity contribution in [1.82, 2.24) is 20.4 Å². The molecule has 2 aliphatic heterocycles. The van der Waals surface area contributed by atoms with Crippen LogP contribution in [0.4, 0.5) is 0 Å². The highest BCUT2D eigenvalue weighted by Gasteiger charge is 2.41. The second kappa shape index (κ2) is 6.14. The molecule has 0 saturated carbocycles. The number of carbonyl (C=O) groups is 2. The molecule has 4 unspecified atom stereocenters. The summed E-state index contributed by atoms with van der Waals surface area (Å²) in [6.45, 7) is 2.93. The highest BCUT2D eigenvalue weighted by Crippen LogP contribution is 2.44. The lowest BCUT2D eigenvalue weighted by Gasteiger charge is -2.03. The van der Waals surface area contributed by atoms with Gasteiger partial charge < -0.3 is 10.6 Å². The Labute approximate surface area is 115 Å². The molecule has 2 N–H and O–H groups in total. The second-order valence-electron chi connectivity index (χ2n) is 4.31. The van der Waals surface area contributed by atoms with Gasteiger partial charge in [-0.25, -0.2) is 0 Å². The highest BCUT2D eigenvalue weighted by molar-refractivity contribution is 8.77. The molecule has 0 aromatic carbocycles. The van der Waals surface area contributed by atoms with Crippen LogP contribution in [0.1, 0.15) is 0 Å². The number of hydrogen-bond donors (Lipinski definition) is 2. The van der Waals surface area contributed by atoms with Crippen LogP contribution in [0.2, 0.25) is 0 Å². The molecular weight excluding hydrogens is 272 g/mol. The van der Waals surface area contributed by atoms with Gasteiger partial charge in [0.2, 0.25) is 11.8 Å². The van der Waals surface area contributed by atoms with Crippen LogP contribution in [0.15, 0.2) is 0 Å². The van der Waals surface area contributed by atoms with E-state index in [1.807, 2.05) is 0 Å². The lowest BCUT2D eigenvalue weighted by molar-refractivity contribution is -0.121. The third-order valence-corrected chi connectivity index (χ3v) is 5.97. The van der Waals surface area contributed by atoms with Crippen molar-refractivity contribution in [3.05, 3.63) is 0 Å². The fourth-order valence-corrected chi connectivity index (χ4v) is 4.50. The average Bonchev–Trinajstić information content (AvgIpc) is 3.25. The van der Waals surface area contributed by atoms with Crippen molar-refractivity contribution >= 4 is 33.4 Å². The van der Waals surface area contributed by atoms with E-state index < -0.39 is 0 Å². The molecule has 2 heterocycles. The number of rotatable bonds is 7. The molecule has 4 atom stereocenters. The Kier molecular flexibility index (Phi) is 4.77. The zero-order chi connectivity index (χ0) is 13.1. The van der Waals surface area contributed by atoms with Gasteiger partial charge in [-0.3, -0.25) is 19.4 Å².